The Balaban J connectivity index is 1.19. The zero-order valence-electron chi connectivity index (χ0n) is 24.1. The number of hydrogen-bond donors (Lipinski definition) is 1. The molecule has 5 rings (SSSR count). The fourth-order valence-electron chi connectivity index (χ4n) is 6.25. The van der Waals surface area contributed by atoms with E-state index in [-0.39, 0.29) is 22.0 Å². The van der Waals surface area contributed by atoms with E-state index < -0.39 is 15.4 Å². The van der Waals surface area contributed by atoms with Crippen LogP contribution < -0.4 is 0 Å². The highest BCUT2D eigenvalue weighted by Crippen LogP contribution is 2.41. The maximum absolute atomic E-state index is 13.4. The van der Waals surface area contributed by atoms with Gasteiger partial charge < -0.3 is 10.0 Å². The summed E-state index contributed by atoms with van der Waals surface area (Å²) in [5, 5.41) is 12.2. The molecule has 230 valence electrons. The average molecular weight is 662 g/mol. The largest absolute Gasteiger partial charge is 0.389 e. The Hall–Kier alpha value is -2.07. The lowest BCUT2D eigenvalue weighted by atomic mass is 9.72. The average Bonchev–Trinajstić information content (AvgIpc) is 3.02. The minimum absolute atomic E-state index is 0.0486. The number of aliphatic hydroxyl groups is 1. The van der Waals surface area contributed by atoms with E-state index in [1.807, 2.05) is 65.2 Å². The van der Waals surface area contributed by atoms with Crippen molar-refractivity contribution < 1.29 is 18.3 Å². The number of thioether (sulfide) groups is 1. The summed E-state index contributed by atoms with van der Waals surface area (Å²) in [5.74, 6) is 1.48. The maximum atomic E-state index is 13.4. The lowest BCUT2D eigenvalue weighted by Crippen LogP contribution is -2.49. The molecule has 6 nitrogen and oxygen atoms in total. The number of nitrogens with zero attached hydrogens (tertiary/aromatic N) is 2. The van der Waals surface area contributed by atoms with Crippen LogP contribution in [0, 0.1) is 0 Å². The molecule has 0 aromatic heterocycles. The van der Waals surface area contributed by atoms with Gasteiger partial charge in [0.05, 0.1) is 26.3 Å². The van der Waals surface area contributed by atoms with Crippen molar-refractivity contribution in [3.05, 3.63) is 100 Å². The predicted octanol–water partition coefficient (Wildman–Crippen LogP) is 6.55. The van der Waals surface area contributed by atoms with Gasteiger partial charge in [-0.15, -0.1) is 11.8 Å². The van der Waals surface area contributed by atoms with E-state index in [9.17, 15) is 18.3 Å². The first kappa shape index (κ1) is 32.3. The van der Waals surface area contributed by atoms with Gasteiger partial charge in [0.2, 0.25) is 0 Å². The van der Waals surface area contributed by atoms with Crippen molar-refractivity contribution in [3.63, 3.8) is 0 Å². The molecule has 0 bridgehead atoms. The summed E-state index contributed by atoms with van der Waals surface area (Å²) in [6.07, 6.45) is 3.57. The third kappa shape index (κ3) is 7.96. The number of likely N-dealkylation sites (tertiary alicyclic amines) is 2. The van der Waals surface area contributed by atoms with E-state index in [2.05, 4.69) is 4.90 Å². The van der Waals surface area contributed by atoms with Crippen molar-refractivity contribution in [2.45, 2.75) is 48.0 Å². The number of piperidine rings is 2. The second-order valence-corrected chi connectivity index (χ2v) is 15.7. The van der Waals surface area contributed by atoms with E-state index in [0.717, 1.165) is 43.0 Å². The van der Waals surface area contributed by atoms with Crippen LogP contribution in [0.2, 0.25) is 10.0 Å². The van der Waals surface area contributed by atoms with Gasteiger partial charge in [0.1, 0.15) is 0 Å². The first-order valence-corrected chi connectivity index (χ1v) is 18.3. The number of hydrogen-bond acceptors (Lipinski definition) is 6. The Bertz CT molecular complexity index is 1500. The first-order valence-electron chi connectivity index (χ1n) is 14.7. The van der Waals surface area contributed by atoms with Crippen molar-refractivity contribution >= 4 is 50.7 Å². The highest BCUT2D eigenvalue weighted by molar-refractivity contribution is 7.99. The summed E-state index contributed by atoms with van der Waals surface area (Å²) < 4.78 is 25.7. The first-order chi connectivity index (χ1) is 20.6. The van der Waals surface area contributed by atoms with Crippen molar-refractivity contribution in [2.75, 3.05) is 43.6 Å². The molecule has 2 aliphatic heterocycles. The maximum Gasteiger partial charge on any atom is 0.253 e. The van der Waals surface area contributed by atoms with Crippen LogP contribution in [0.25, 0.3) is 0 Å². The van der Waals surface area contributed by atoms with Crippen LogP contribution >= 0.6 is 35.0 Å². The molecule has 2 aliphatic rings. The van der Waals surface area contributed by atoms with Crippen LogP contribution in [-0.4, -0.2) is 78.4 Å². The third-order valence-corrected chi connectivity index (χ3v) is 12.5. The molecule has 2 saturated heterocycles. The third-order valence-electron chi connectivity index (χ3n) is 8.76. The van der Waals surface area contributed by atoms with E-state index >= 15 is 0 Å². The van der Waals surface area contributed by atoms with Crippen molar-refractivity contribution in [3.8, 4) is 0 Å². The van der Waals surface area contributed by atoms with Crippen LogP contribution in [0.5, 0.6) is 0 Å². The quantitative estimate of drug-likeness (QED) is 0.249. The Morgan fingerprint density at radius 1 is 0.884 bits per heavy atom. The Morgan fingerprint density at radius 2 is 1.56 bits per heavy atom. The molecule has 1 unspecified atom stereocenters. The normalized spacial score (nSPS) is 21.0. The lowest BCUT2D eigenvalue weighted by Gasteiger charge is -2.44. The molecule has 0 saturated carbocycles. The number of benzene rings is 3. The Kier molecular flexibility index (Phi) is 10.5. The highest BCUT2D eigenvalue weighted by Gasteiger charge is 2.40. The van der Waals surface area contributed by atoms with Crippen LogP contribution in [0.15, 0.2) is 83.8 Å². The van der Waals surface area contributed by atoms with Crippen LogP contribution in [0.3, 0.4) is 0 Å². The van der Waals surface area contributed by atoms with E-state index in [1.54, 1.807) is 30.3 Å². The van der Waals surface area contributed by atoms with Crippen LogP contribution in [-0.2, 0) is 15.3 Å². The molecule has 0 spiro atoms. The molecule has 2 heterocycles. The fraction of sp³-hybridized carbons (Fsp3) is 0.424. The van der Waals surface area contributed by atoms with Crippen LogP contribution in [0.1, 0.15) is 48.0 Å². The number of carbonyl (C=O) groups excluding carboxylic acids is 1. The summed E-state index contributed by atoms with van der Waals surface area (Å²) in [5.41, 5.74) is 0.349. The zero-order valence-corrected chi connectivity index (χ0v) is 27.3. The molecular weight excluding hydrogens is 623 g/mol. The van der Waals surface area contributed by atoms with Gasteiger partial charge in [-0.2, -0.15) is 0 Å². The summed E-state index contributed by atoms with van der Waals surface area (Å²) in [4.78, 5) is 17.9. The number of rotatable bonds is 10. The standard InChI is InChI=1S/C33H38Cl2N2O4S2/c34-29-13-12-27(22-30(29)35)32(14-7-18-37(23-32)31(38)26-8-3-1-4-9-26)17-21-42-25-36-19-15-33(39,16-20-36)24-43(40,41)28-10-5-2-6-11-28/h1-6,8-13,22,39H,7,14-21,23-25H2. The highest BCUT2D eigenvalue weighted by atomic mass is 35.5. The fourth-order valence-corrected chi connectivity index (χ4v) is 9.46. The summed E-state index contributed by atoms with van der Waals surface area (Å²) in [6.45, 7) is 2.63. The van der Waals surface area contributed by atoms with E-state index in [0.29, 0.717) is 48.1 Å². The number of halogens is 2. The van der Waals surface area contributed by atoms with Crippen molar-refractivity contribution in [1.29, 1.82) is 0 Å². The zero-order chi connectivity index (χ0) is 30.5. The van der Waals surface area contributed by atoms with E-state index in [1.165, 1.54) is 0 Å². The minimum Gasteiger partial charge on any atom is -0.389 e. The molecule has 3 aromatic carbocycles. The number of sulfone groups is 1. The van der Waals surface area contributed by atoms with Gasteiger partial charge in [-0.1, -0.05) is 65.7 Å². The Morgan fingerprint density at radius 3 is 2.23 bits per heavy atom. The van der Waals surface area contributed by atoms with E-state index in [4.69, 9.17) is 23.2 Å². The smallest absolute Gasteiger partial charge is 0.253 e. The van der Waals surface area contributed by atoms with Gasteiger partial charge in [-0.05, 0) is 79.8 Å². The lowest BCUT2D eigenvalue weighted by molar-refractivity contribution is 0.00240. The molecule has 0 aliphatic carbocycles. The van der Waals surface area contributed by atoms with Gasteiger partial charge >= 0.3 is 0 Å². The molecule has 1 N–H and O–H groups in total. The topological polar surface area (TPSA) is 77.9 Å². The summed E-state index contributed by atoms with van der Waals surface area (Å²) in [7, 11) is -3.56. The Labute approximate surface area is 269 Å². The van der Waals surface area contributed by atoms with Gasteiger partial charge in [-0.3, -0.25) is 9.69 Å². The number of amides is 1. The van der Waals surface area contributed by atoms with Gasteiger partial charge in [0, 0.05) is 43.0 Å². The molecular formula is C33H38Cl2N2O4S2. The minimum atomic E-state index is -3.56. The predicted molar refractivity (Wildman–Crippen MR) is 176 cm³/mol. The van der Waals surface area contributed by atoms with Crippen molar-refractivity contribution in [1.82, 2.24) is 9.80 Å². The number of carbonyl (C=O) groups is 1. The molecule has 1 atom stereocenters. The summed E-state index contributed by atoms with van der Waals surface area (Å²) in [6, 6.07) is 23.6. The molecule has 43 heavy (non-hydrogen) atoms. The molecule has 2 fully saturated rings. The monoisotopic (exact) mass is 660 g/mol. The van der Waals surface area contributed by atoms with Crippen LogP contribution in [0.4, 0.5) is 0 Å². The molecule has 0 radical (unpaired) electrons. The van der Waals surface area contributed by atoms with Gasteiger partial charge in [0.15, 0.2) is 9.84 Å². The molecule has 1 amide bonds. The molecule has 10 heteroatoms. The van der Waals surface area contributed by atoms with Gasteiger partial charge in [0.25, 0.3) is 5.91 Å². The molecule has 3 aromatic rings. The second kappa shape index (κ2) is 13.9. The van der Waals surface area contributed by atoms with Gasteiger partial charge in [-0.25, -0.2) is 8.42 Å². The second-order valence-electron chi connectivity index (χ2n) is 11.8. The SMILES string of the molecule is O=C(c1ccccc1)N1CCCC(CCSCN2CCC(O)(CS(=O)(=O)c3ccccc3)CC2)(c2ccc(Cl)c(Cl)c2)C1. The van der Waals surface area contributed by atoms with Crippen molar-refractivity contribution in [2.24, 2.45) is 0 Å². The summed E-state index contributed by atoms with van der Waals surface area (Å²) >= 11 is 14.6.